The Kier molecular flexibility index (Phi) is 5.63. The fraction of sp³-hybridized carbons (Fsp3) is 0.130. The maximum absolute atomic E-state index is 14.9. The van der Waals surface area contributed by atoms with Crippen LogP contribution in [-0.2, 0) is 16.6 Å². The summed E-state index contributed by atoms with van der Waals surface area (Å²) in [6.45, 7) is 1.74. The number of fused-ring (bicyclic) bond motifs is 1. The number of benzene rings is 3. The highest BCUT2D eigenvalue weighted by atomic mass is 32.2. The number of anilines is 1. The maximum Gasteiger partial charge on any atom is 0.266 e. The second kappa shape index (κ2) is 8.40. The van der Waals surface area contributed by atoms with Crippen LogP contribution in [-0.4, -0.2) is 14.4 Å². The molecule has 162 valence electrons. The van der Waals surface area contributed by atoms with Crippen LogP contribution in [0.15, 0.2) is 70.6 Å². The third kappa shape index (κ3) is 4.05. The van der Waals surface area contributed by atoms with Crippen molar-refractivity contribution in [3.63, 3.8) is 0 Å². The molecule has 0 saturated carbocycles. The zero-order chi connectivity index (χ0) is 22.9. The van der Waals surface area contributed by atoms with E-state index in [0.717, 1.165) is 17.7 Å². The molecule has 0 radical (unpaired) electrons. The van der Waals surface area contributed by atoms with E-state index in [0.29, 0.717) is 5.56 Å². The Morgan fingerprint density at radius 2 is 1.75 bits per heavy atom. The van der Waals surface area contributed by atoms with Gasteiger partial charge >= 0.3 is 0 Å². The van der Waals surface area contributed by atoms with Gasteiger partial charge < -0.3 is 5.32 Å². The van der Waals surface area contributed by atoms with Gasteiger partial charge in [0.25, 0.3) is 10.0 Å². The van der Waals surface area contributed by atoms with Crippen molar-refractivity contribution in [3.8, 4) is 6.07 Å². The summed E-state index contributed by atoms with van der Waals surface area (Å²) < 4.78 is 57.2. The summed E-state index contributed by atoms with van der Waals surface area (Å²) in [5, 5.41) is 11.8. The van der Waals surface area contributed by atoms with Gasteiger partial charge in [0.15, 0.2) is 0 Å². The van der Waals surface area contributed by atoms with Crippen LogP contribution in [0, 0.1) is 23.0 Å². The van der Waals surface area contributed by atoms with E-state index < -0.39 is 27.6 Å². The van der Waals surface area contributed by atoms with Gasteiger partial charge in [0.2, 0.25) is 5.96 Å². The molecule has 1 heterocycles. The lowest BCUT2D eigenvalue weighted by Gasteiger charge is -2.26. The van der Waals surface area contributed by atoms with E-state index in [1.807, 2.05) is 6.07 Å². The van der Waals surface area contributed by atoms with E-state index in [2.05, 4.69) is 15.0 Å². The molecule has 4 rings (SSSR count). The number of rotatable bonds is 4. The van der Waals surface area contributed by atoms with Gasteiger partial charge in [-0.3, -0.25) is 0 Å². The molecule has 0 unspecified atom stereocenters. The van der Waals surface area contributed by atoms with Crippen molar-refractivity contribution in [2.24, 2.45) is 4.99 Å². The number of halogens is 2. The average Bonchev–Trinajstić information content (AvgIpc) is 2.77. The first-order valence-electron chi connectivity index (χ1n) is 9.70. The first-order valence-corrected chi connectivity index (χ1v) is 11.2. The van der Waals surface area contributed by atoms with Crippen molar-refractivity contribution < 1.29 is 17.2 Å². The number of hydrogen-bond donors (Lipinski definition) is 2. The molecule has 0 aromatic heterocycles. The predicted octanol–water partition coefficient (Wildman–Crippen LogP) is 4.25. The molecule has 6 nitrogen and oxygen atoms in total. The molecule has 1 aliphatic heterocycles. The molecule has 3 aromatic carbocycles. The van der Waals surface area contributed by atoms with Crippen LogP contribution >= 0.6 is 0 Å². The largest absolute Gasteiger partial charge is 0.324 e. The summed E-state index contributed by atoms with van der Waals surface area (Å²) in [6, 6.07) is 16.9. The second-order valence-corrected chi connectivity index (χ2v) is 8.93. The third-order valence-corrected chi connectivity index (χ3v) is 6.61. The number of nitriles is 1. The Balaban J connectivity index is 1.74. The lowest BCUT2D eigenvalue weighted by atomic mass is 9.91. The zero-order valence-corrected chi connectivity index (χ0v) is 17.7. The normalized spacial score (nSPS) is 16.4. The minimum atomic E-state index is -4.02. The topological polar surface area (TPSA) is 94.3 Å². The number of nitrogens with zero attached hydrogens (tertiary/aromatic N) is 2. The van der Waals surface area contributed by atoms with Crippen molar-refractivity contribution in [3.05, 3.63) is 94.6 Å². The molecule has 0 saturated heterocycles. The van der Waals surface area contributed by atoms with E-state index in [-0.39, 0.29) is 34.2 Å². The molecule has 32 heavy (non-hydrogen) atoms. The molecule has 0 bridgehead atoms. The molecule has 0 spiro atoms. The van der Waals surface area contributed by atoms with Gasteiger partial charge in [0.05, 0.1) is 23.9 Å². The minimum Gasteiger partial charge on any atom is -0.324 e. The Morgan fingerprint density at radius 1 is 1.03 bits per heavy atom. The van der Waals surface area contributed by atoms with Gasteiger partial charge in [-0.25, -0.2) is 26.9 Å². The van der Waals surface area contributed by atoms with Crippen LogP contribution in [0.1, 0.15) is 35.1 Å². The fourth-order valence-corrected chi connectivity index (χ4v) is 4.74. The first kappa shape index (κ1) is 21.5. The van der Waals surface area contributed by atoms with Crippen LogP contribution in [0.2, 0.25) is 0 Å². The van der Waals surface area contributed by atoms with E-state index in [9.17, 15) is 17.2 Å². The summed E-state index contributed by atoms with van der Waals surface area (Å²) in [5.41, 5.74) is 1.55. The SMILES string of the molecule is C[C@@H](c1ccccc1F)c1c(F)ccc2c1NC(=NCc1ccc(C#N)cc1)NS2(=O)=O. The third-order valence-electron chi connectivity index (χ3n) is 5.23. The Hall–Kier alpha value is -3.77. The zero-order valence-electron chi connectivity index (χ0n) is 16.9. The number of hydrogen-bond acceptors (Lipinski definition) is 4. The van der Waals surface area contributed by atoms with E-state index in [1.54, 1.807) is 37.3 Å². The predicted molar refractivity (Wildman–Crippen MR) is 117 cm³/mol. The molecule has 1 aliphatic rings. The molecule has 0 amide bonds. The molecule has 9 heteroatoms. The van der Waals surface area contributed by atoms with E-state index in [4.69, 9.17) is 5.26 Å². The summed E-state index contributed by atoms with van der Waals surface area (Å²) >= 11 is 0. The molecule has 0 fully saturated rings. The lowest BCUT2D eigenvalue weighted by molar-refractivity contribution is 0.577. The first-order chi connectivity index (χ1) is 15.3. The molecular formula is C23H18F2N4O2S. The highest BCUT2D eigenvalue weighted by molar-refractivity contribution is 7.90. The Labute approximate surface area is 184 Å². The van der Waals surface area contributed by atoms with Gasteiger partial charge in [0.1, 0.15) is 16.5 Å². The number of guanidine groups is 1. The molecule has 2 N–H and O–H groups in total. The van der Waals surface area contributed by atoms with Crippen molar-refractivity contribution >= 4 is 21.7 Å². The van der Waals surface area contributed by atoms with Crippen molar-refractivity contribution in [1.29, 1.82) is 5.26 Å². The molecule has 0 aliphatic carbocycles. The summed E-state index contributed by atoms with van der Waals surface area (Å²) in [4.78, 5) is 4.12. The monoisotopic (exact) mass is 452 g/mol. The minimum absolute atomic E-state index is 0.0260. The Bertz CT molecular complexity index is 1360. The molecule has 3 aromatic rings. The van der Waals surface area contributed by atoms with Gasteiger partial charge in [-0.2, -0.15) is 5.26 Å². The quantitative estimate of drug-likeness (QED) is 0.619. The van der Waals surface area contributed by atoms with Crippen LogP contribution < -0.4 is 10.0 Å². The standard InChI is InChI=1S/C23H18F2N4O2S/c1-14(17-4-2-3-5-18(17)24)21-19(25)10-11-20-22(21)28-23(29-32(20,30)31)27-13-16-8-6-15(12-26)7-9-16/h2-11,14H,13H2,1H3,(H2,27,28,29)/t14-/m0/s1. The van der Waals surface area contributed by atoms with Gasteiger partial charge in [0, 0.05) is 11.5 Å². The number of nitrogens with one attached hydrogen (secondary N) is 2. The Morgan fingerprint density at radius 3 is 2.44 bits per heavy atom. The van der Waals surface area contributed by atoms with Crippen molar-refractivity contribution in [2.75, 3.05) is 5.32 Å². The highest BCUT2D eigenvalue weighted by Crippen LogP contribution is 2.38. The van der Waals surface area contributed by atoms with E-state index in [1.165, 1.54) is 18.2 Å². The van der Waals surface area contributed by atoms with Gasteiger partial charge in [-0.15, -0.1) is 0 Å². The molecule has 1 atom stereocenters. The van der Waals surface area contributed by atoms with Crippen molar-refractivity contribution in [2.45, 2.75) is 24.3 Å². The lowest BCUT2D eigenvalue weighted by Crippen LogP contribution is -2.41. The van der Waals surface area contributed by atoms with Gasteiger partial charge in [-0.05, 0) is 41.5 Å². The highest BCUT2D eigenvalue weighted by Gasteiger charge is 2.32. The fourth-order valence-electron chi connectivity index (χ4n) is 3.59. The summed E-state index contributed by atoms with van der Waals surface area (Å²) in [6.07, 6.45) is 0. The maximum atomic E-state index is 14.9. The van der Waals surface area contributed by atoms with Gasteiger partial charge in [-0.1, -0.05) is 37.3 Å². The summed E-state index contributed by atoms with van der Waals surface area (Å²) in [5.74, 6) is -2.00. The van der Waals surface area contributed by atoms with Crippen LogP contribution in [0.3, 0.4) is 0 Å². The smallest absolute Gasteiger partial charge is 0.266 e. The molecular weight excluding hydrogens is 434 g/mol. The van der Waals surface area contributed by atoms with Crippen LogP contribution in [0.5, 0.6) is 0 Å². The average molecular weight is 452 g/mol. The van der Waals surface area contributed by atoms with Crippen molar-refractivity contribution in [1.82, 2.24) is 4.72 Å². The summed E-state index contributed by atoms with van der Waals surface area (Å²) in [7, 11) is -4.02. The number of sulfonamides is 1. The van der Waals surface area contributed by atoms with Crippen LogP contribution in [0.4, 0.5) is 14.5 Å². The van der Waals surface area contributed by atoms with Crippen LogP contribution in [0.25, 0.3) is 0 Å². The number of aliphatic imine (C=N–C) groups is 1. The second-order valence-electron chi connectivity index (χ2n) is 7.28. The van der Waals surface area contributed by atoms with E-state index >= 15 is 0 Å².